The molecule has 6 rings (SSSR count). The number of hydrogen-bond donors (Lipinski definition) is 1. The molecule has 4 heterocycles. The molecule has 38 heavy (non-hydrogen) atoms. The smallest absolute Gasteiger partial charge is 0.352 e. The summed E-state index contributed by atoms with van der Waals surface area (Å²) in [7, 11) is 1.40. The van der Waals surface area contributed by atoms with Gasteiger partial charge in [-0.1, -0.05) is 43.2 Å². The number of pyridine rings is 1. The summed E-state index contributed by atoms with van der Waals surface area (Å²) >= 11 is 0. The fraction of sp³-hybridized carbons (Fsp3) is 0.286. The SMILES string of the molecule is Cn1c(=O)nc2n(C3CCCC3)nc(-c3ccc(-c4ccc(CNCc5cccnc5)cc4)o3)nc-2c1=O. The van der Waals surface area contributed by atoms with Gasteiger partial charge in [0.05, 0.1) is 6.04 Å². The summed E-state index contributed by atoms with van der Waals surface area (Å²) in [6.07, 6.45) is 7.57. The third-order valence-electron chi connectivity index (χ3n) is 6.96. The Balaban J connectivity index is 1.26. The topological polar surface area (TPSA) is 121 Å². The standard InChI is InChI=1S/C28H27N7O3/c1-34-27(36)24-26(32-28(34)37)35(21-6-2-3-7-21)33-25(31-24)23-13-12-22(38-23)20-10-8-18(9-11-20)15-30-17-19-5-4-14-29-16-19/h4-5,8-14,16,21,30H,2-3,6-7,15,17H2,1H3. The van der Waals surface area contributed by atoms with Gasteiger partial charge in [0.2, 0.25) is 5.82 Å². The Kier molecular flexibility index (Phi) is 6.38. The van der Waals surface area contributed by atoms with Crippen LogP contribution in [0.5, 0.6) is 0 Å². The van der Waals surface area contributed by atoms with Gasteiger partial charge in [0.25, 0.3) is 5.56 Å². The molecular formula is C28H27N7O3. The van der Waals surface area contributed by atoms with Crippen molar-refractivity contribution in [2.24, 2.45) is 7.05 Å². The van der Waals surface area contributed by atoms with Crippen molar-refractivity contribution in [3.8, 4) is 34.4 Å². The first-order valence-electron chi connectivity index (χ1n) is 12.7. The van der Waals surface area contributed by atoms with Crippen LogP contribution in [0, 0.1) is 0 Å². The zero-order valence-electron chi connectivity index (χ0n) is 21.0. The second kappa shape index (κ2) is 10.1. The van der Waals surface area contributed by atoms with Gasteiger partial charge >= 0.3 is 5.69 Å². The second-order valence-corrected chi connectivity index (χ2v) is 9.57. The minimum Gasteiger partial charge on any atom is -0.453 e. The predicted octanol–water partition coefficient (Wildman–Crippen LogP) is 3.56. The third kappa shape index (κ3) is 4.66. The molecule has 0 unspecified atom stereocenters. The monoisotopic (exact) mass is 509 g/mol. The quantitative estimate of drug-likeness (QED) is 0.354. The second-order valence-electron chi connectivity index (χ2n) is 9.57. The third-order valence-corrected chi connectivity index (χ3v) is 6.96. The van der Waals surface area contributed by atoms with Gasteiger partial charge < -0.3 is 9.73 Å². The molecule has 1 saturated carbocycles. The molecule has 1 fully saturated rings. The number of nitrogens with one attached hydrogen (secondary N) is 1. The average Bonchev–Trinajstić information content (AvgIpc) is 3.66. The Labute approximate surface area is 218 Å². The normalized spacial score (nSPS) is 13.9. The number of aromatic nitrogens is 6. The van der Waals surface area contributed by atoms with E-state index >= 15 is 0 Å². The van der Waals surface area contributed by atoms with Crippen molar-refractivity contribution >= 4 is 0 Å². The Morgan fingerprint density at radius 2 is 1.71 bits per heavy atom. The maximum absolute atomic E-state index is 12.9. The summed E-state index contributed by atoms with van der Waals surface area (Å²) < 4.78 is 8.81. The zero-order chi connectivity index (χ0) is 26.1. The van der Waals surface area contributed by atoms with Gasteiger partial charge in [0.15, 0.2) is 17.3 Å². The first kappa shape index (κ1) is 23.9. The van der Waals surface area contributed by atoms with Crippen LogP contribution in [0.1, 0.15) is 42.9 Å². The summed E-state index contributed by atoms with van der Waals surface area (Å²) in [5.41, 5.74) is 2.23. The molecular weight excluding hydrogens is 482 g/mol. The fourth-order valence-corrected chi connectivity index (χ4v) is 4.86. The van der Waals surface area contributed by atoms with E-state index in [1.54, 1.807) is 16.9 Å². The number of fused-ring (bicyclic) bond motifs is 1. The van der Waals surface area contributed by atoms with Crippen LogP contribution in [-0.2, 0) is 20.1 Å². The summed E-state index contributed by atoms with van der Waals surface area (Å²) in [5.74, 6) is 1.65. The van der Waals surface area contributed by atoms with Crippen LogP contribution in [0.25, 0.3) is 34.4 Å². The van der Waals surface area contributed by atoms with Crippen LogP contribution in [0.3, 0.4) is 0 Å². The Hall–Kier alpha value is -4.44. The Bertz CT molecular complexity index is 1650. The molecule has 1 aliphatic carbocycles. The minimum atomic E-state index is -0.610. The number of furan rings is 1. The van der Waals surface area contributed by atoms with Gasteiger partial charge in [0, 0.05) is 38.1 Å². The summed E-state index contributed by atoms with van der Waals surface area (Å²) in [5, 5.41) is 8.12. The van der Waals surface area contributed by atoms with E-state index in [-0.39, 0.29) is 17.6 Å². The van der Waals surface area contributed by atoms with E-state index in [0.29, 0.717) is 17.3 Å². The molecule has 2 aliphatic heterocycles. The van der Waals surface area contributed by atoms with Crippen LogP contribution in [0.15, 0.2) is 74.9 Å². The first-order valence-corrected chi connectivity index (χ1v) is 12.7. The molecule has 0 radical (unpaired) electrons. The van der Waals surface area contributed by atoms with Gasteiger partial charge in [-0.15, -0.1) is 5.10 Å². The van der Waals surface area contributed by atoms with Crippen molar-refractivity contribution in [3.63, 3.8) is 0 Å². The Morgan fingerprint density at radius 3 is 2.47 bits per heavy atom. The van der Waals surface area contributed by atoms with E-state index < -0.39 is 11.2 Å². The van der Waals surface area contributed by atoms with E-state index in [1.807, 2.05) is 36.5 Å². The van der Waals surface area contributed by atoms with Crippen LogP contribution in [0.4, 0.5) is 0 Å². The molecule has 3 aromatic rings. The van der Waals surface area contributed by atoms with E-state index in [9.17, 15) is 9.59 Å². The molecule has 1 N–H and O–H groups in total. The van der Waals surface area contributed by atoms with E-state index in [1.165, 1.54) is 7.05 Å². The highest BCUT2D eigenvalue weighted by Gasteiger charge is 2.27. The first-order chi connectivity index (χ1) is 18.6. The Morgan fingerprint density at radius 1 is 0.947 bits per heavy atom. The molecule has 10 heteroatoms. The lowest BCUT2D eigenvalue weighted by Crippen LogP contribution is -2.37. The molecule has 0 spiro atoms. The molecule has 192 valence electrons. The van der Waals surface area contributed by atoms with Crippen LogP contribution < -0.4 is 16.6 Å². The van der Waals surface area contributed by atoms with Crippen molar-refractivity contribution in [1.82, 2.24) is 34.6 Å². The number of hydrogen-bond acceptors (Lipinski definition) is 8. The maximum atomic E-state index is 12.9. The molecule has 1 aromatic carbocycles. The van der Waals surface area contributed by atoms with Gasteiger partial charge in [-0.25, -0.2) is 14.5 Å². The van der Waals surface area contributed by atoms with Crippen molar-refractivity contribution in [3.05, 3.63) is 92.9 Å². The predicted molar refractivity (Wildman–Crippen MR) is 141 cm³/mol. The van der Waals surface area contributed by atoms with Gasteiger partial charge in [-0.3, -0.25) is 14.3 Å². The van der Waals surface area contributed by atoms with Crippen molar-refractivity contribution in [2.75, 3.05) is 0 Å². The van der Waals surface area contributed by atoms with Crippen LogP contribution in [-0.4, -0.2) is 29.3 Å². The summed E-state index contributed by atoms with van der Waals surface area (Å²) in [4.78, 5) is 37.9. The molecule has 0 atom stereocenters. The highest BCUT2D eigenvalue weighted by Crippen LogP contribution is 2.33. The molecule has 3 aliphatic rings. The highest BCUT2D eigenvalue weighted by atomic mass is 16.3. The molecule has 2 aromatic heterocycles. The number of nitrogens with zero attached hydrogens (tertiary/aromatic N) is 6. The fourth-order valence-electron chi connectivity index (χ4n) is 4.86. The van der Waals surface area contributed by atoms with Crippen LogP contribution >= 0.6 is 0 Å². The van der Waals surface area contributed by atoms with Gasteiger partial charge in [-0.05, 0) is 42.2 Å². The summed E-state index contributed by atoms with van der Waals surface area (Å²) in [6.45, 7) is 1.48. The molecule has 0 bridgehead atoms. The highest BCUT2D eigenvalue weighted by molar-refractivity contribution is 5.63. The molecule has 0 amide bonds. The number of rotatable bonds is 7. The lowest BCUT2D eigenvalue weighted by atomic mass is 10.1. The van der Waals surface area contributed by atoms with E-state index in [2.05, 4.69) is 32.4 Å². The maximum Gasteiger partial charge on any atom is 0.352 e. The summed E-state index contributed by atoms with van der Waals surface area (Å²) in [6, 6.07) is 15.9. The average molecular weight is 510 g/mol. The van der Waals surface area contributed by atoms with E-state index in [0.717, 1.165) is 60.0 Å². The largest absolute Gasteiger partial charge is 0.453 e. The lowest BCUT2D eigenvalue weighted by molar-refractivity contribution is 0.449. The minimum absolute atomic E-state index is 0.0620. The van der Waals surface area contributed by atoms with E-state index in [4.69, 9.17) is 9.52 Å². The van der Waals surface area contributed by atoms with Crippen molar-refractivity contribution in [1.29, 1.82) is 0 Å². The van der Waals surface area contributed by atoms with Gasteiger partial charge in [0.1, 0.15) is 5.76 Å². The van der Waals surface area contributed by atoms with Gasteiger partial charge in [-0.2, -0.15) is 4.98 Å². The number of benzene rings is 1. The molecule has 0 saturated heterocycles. The zero-order valence-corrected chi connectivity index (χ0v) is 21.0. The van der Waals surface area contributed by atoms with Crippen LogP contribution in [0.2, 0.25) is 0 Å². The lowest BCUT2D eigenvalue weighted by Gasteiger charge is -2.18. The van der Waals surface area contributed by atoms with Crippen molar-refractivity contribution in [2.45, 2.75) is 44.8 Å². The van der Waals surface area contributed by atoms with Crippen molar-refractivity contribution < 1.29 is 4.42 Å². The molecule has 10 nitrogen and oxygen atoms in total.